The molecule has 1 aliphatic carbocycles. The number of hydrogen-bond acceptors (Lipinski definition) is 4. The molecular weight excluding hydrogens is 412 g/mol. The Labute approximate surface area is 187 Å². The Balaban J connectivity index is 1.57. The number of rotatable bonds is 3. The molecule has 5 rings (SSSR count). The number of halogens is 1. The first-order chi connectivity index (χ1) is 14.9. The number of aryl methyl sites for hydroxylation is 1. The monoisotopic (exact) mass is 436 g/mol. The topological polar surface area (TPSA) is 59.5 Å². The minimum Gasteiger partial charge on any atom is -0.483 e. The van der Waals surface area contributed by atoms with E-state index in [-0.39, 0.29) is 40.8 Å². The zero-order chi connectivity index (χ0) is 21.7. The fourth-order valence-corrected chi connectivity index (χ4v) is 5.31. The zero-order valence-corrected chi connectivity index (χ0v) is 18.4. The van der Waals surface area contributed by atoms with Crippen LogP contribution in [0, 0.1) is 18.8 Å². The molecule has 0 bridgehead atoms. The second-order valence-corrected chi connectivity index (χ2v) is 9.50. The van der Waals surface area contributed by atoms with Crippen molar-refractivity contribution in [3.8, 4) is 0 Å². The number of pyridine rings is 1. The molecule has 0 spiro atoms. The lowest BCUT2D eigenvalue weighted by Crippen LogP contribution is -2.44. The predicted molar refractivity (Wildman–Crippen MR) is 117 cm³/mol. The predicted octanol–water partition coefficient (Wildman–Crippen LogP) is 4.35. The molecular formula is C25H25ClN2O3. The normalized spacial score (nSPS) is 30.2. The van der Waals surface area contributed by atoms with Gasteiger partial charge in [0.25, 0.3) is 5.91 Å². The van der Waals surface area contributed by atoms with Crippen molar-refractivity contribution < 1.29 is 14.3 Å². The fraction of sp³-hybridized carbons (Fsp3) is 0.400. The maximum absolute atomic E-state index is 13.7. The number of alkyl halides is 1. The largest absolute Gasteiger partial charge is 0.483 e. The minimum absolute atomic E-state index is 0.0106. The Morgan fingerprint density at radius 3 is 2.65 bits per heavy atom. The number of aromatic nitrogens is 1. The number of Topliss-reactive ketones (excluding diaryl/α,β-unsaturated/α-hetero) is 1. The molecule has 0 radical (unpaired) electrons. The Hall–Kier alpha value is -2.66. The molecule has 3 heterocycles. The van der Waals surface area contributed by atoms with Crippen LogP contribution in [-0.2, 0) is 20.9 Å². The van der Waals surface area contributed by atoms with Crippen LogP contribution in [0.4, 0.5) is 0 Å². The zero-order valence-electron chi connectivity index (χ0n) is 17.6. The SMILES string of the molecule is Cc1ccc(C2C3=C(OC4CC(C)C(Cl)CC4C3=O)C(=O)N2Cc2cccnc2)cc1. The molecule has 2 aliphatic heterocycles. The maximum Gasteiger partial charge on any atom is 0.290 e. The summed E-state index contributed by atoms with van der Waals surface area (Å²) in [6.45, 7) is 4.45. The summed E-state index contributed by atoms with van der Waals surface area (Å²) in [7, 11) is 0. The van der Waals surface area contributed by atoms with Gasteiger partial charge in [0, 0.05) is 24.3 Å². The number of hydrogen-bond donors (Lipinski definition) is 0. The summed E-state index contributed by atoms with van der Waals surface area (Å²) in [5.74, 6) is -0.0421. The van der Waals surface area contributed by atoms with Crippen LogP contribution in [0.25, 0.3) is 0 Å². The van der Waals surface area contributed by atoms with Crippen molar-refractivity contribution in [2.24, 2.45) is 11.8 Å². The third-order valence-corrected chi connectivity index (χ3v) is 7.38. The van der Waals surface area contributed by atoms with Crippen LogP contribution >= 0.6 is 11.6 Å². The van der Waals surface area contributed by atoms with Crippen LogP contribution in [0.3, 0.4) is 0 Å². The Morgan fingerprint density at radius 2 is 1.94 bits per heavy atom. The second-order valence-electron chi connectivity index (χ2n) is 8.94. The molecule has 160 valence electrons. The van der Waals surface area contributed by atoms with E-state index in [0.717, 1.165) is 16.7 Å². The van der Waals surface area contributed by atoms with E-state index in [1.54, 1.807) is 17.3 Å². The van der Waals surface area contributed by atoms with E-state index in [1.807, 2.05) is 43.3 Å². The Morgan fingerprint density at radius 1 is 1.16 bits per heavy atom. The molecule has 1 aromatic carbocycles. The van der Waals surface area contributed by atoms with Gasteiger partial charge in [0.2, 0.25) is 0 Å². The van der Waals surface area contributed by atoms with Crippen LogP contribution in [0.5, 0.6) is 0 Å². The smallest absolute Gasteiger partial charge is 0.290 e. The highest BCUT2D eigenvalue weighted by molar-refractivity contribution is 6.21. The molecule has 1 saturated carbocycles. The molecule has 0 saturated heterocycles. The van der Waals surface area contributed by atoms with Crippen LogP contribution in [0.1, 0.15) is 42.5 Å². The molecule has 1 fully saturated rings. The maximum atomic E-state index is 13.7. The van der Waals surface area contributed by atoms with Crippen molar-refractivity contribution >= 4 is 23.3 Å². The van der Waals surface area contributed by atoms with E-state index < -0.39 is 6.04 Å². The lowest BCUT2D eigenvalue weighted by atomic mass is 9.74. The second kappa shape index (κ2) is 7.79. The van der Waals surface area contributed by atoms with Gasteiger partial charge in [-0.25, -0.2) is 0 Å². The highest BCUT2D eigenvalue weighted by Crippen LogP contribution is 2.48. The molecule has 1 amide bonds. The van der Waals surface area contributed by atoms with Crippen LogP contribution in [0.2, 0.25) is 0 Å². The van der Waals surface area contributed by atoms with E-state index in [4.69, 9.17) is 16.3 Å². The van der Waals surface area contributed by atoms with Gasteiger partial charge in [-0.1, -0.05) is 42.8 Å². The molecule has 2 aromatic rings. The summed E-state index contributed by atoms with van der Waals surface area (Å²) in [5, 5.41) is -0.0580. The molecule has 31 heavy (non-hydrogen) atoms. The van der Waals surface area contributed by atoms with Crippen LogP contribution < -0.4 is 0 Å². The van der Waals surface area contributed by atoms with Crippen LogP contribution in [-0.4, -0.2) is 33.1 Å². The third-order valence-electron chi connectivity index (χ3n) is 6.77. The number of amides is 1. The molecule has 5 unspecified atom stereocenters. The number of ketones is 1. The molecule has 3 aliphatic rings. The molecule has 6 heteroatoms. The van der Waals surface area contributed by atoms with Gasteiger partial charge < -0.3 is 9.64 Å². The van der Waals surface area contributed by atoms with Crippen molar-refractivity contribution in [2.75, 3.05) is 0 Å². The highest BCUT2D eigenvalue weighted by atomic mass is 35.5. The highest BCUT2D eigenvalue weighted by Gasteiger charge is 2.53. The molecule has 5 nitrogen and oxygen atoms in total. The number of carbonyl (C=O) groups excluding carboxylic acids is 2. The first-order valence-electron chi connectivity index (χ1n) is 10.8. The Kier molecular flexibility index (Phi) is 5.09. The quantitative estimate of drug-likeness (QED) is 0.671. The van der Waals surface area contributed by atoms with Gasteiger partial charge in [-0.2, -0.15) is 0 Å². The summed E-state index contributed by atoms with van der Waals surface area (Å²) in [6.07, 6.45) is 4.44. The summed E-state index contributed by atoms with van der Waals surface area (Å²) >= 11 is 6.52. The molecule has 1 aromatic heterocycles. The van der Waals surface area contributed by atoms with Gasteiger partial charge in [0.1, 0.15) is 6.10 Å². The first-order valence-corrected chi connectivity index (χ1v) is 11.2. The van der Waals surface area contributed by atoms with Crippen molar-refractivity contribution in [3.05, 3.63) is 76.8 Å². The number of benzene rings is 1. The fourth-order valence-electron chi connectivity index (χ4n) is 5.01. The Bertz CT molecular complexity index is 1050. The van der Waals surface area contributed by atoms with E-state index in [2.05, 4.69) is 11.9 Å². The van der Waals surface area contributed by atoms with E-state index in [0.29, 0.717) is 25.0 Å². The van der Waals surface area contributed by atoms with Gasteiger partial charge in [-0.05, 0) is 42.9 Å². The minimum atomic E-state index is -0.468. The van der Waals surface area contributed by atoms with Crippen molar-refractivity contribution in [3.63, 3.8) is 0 Å². The average molecular weight is 437 g/mol. The van der Waals surface area contributed by atoms with Gasteiger partial charge in [-0.3, -0.25) is 14.6 Å². The molecule has 0 N–H and O–H groups in total. The number of carbonyl (C=O) groups is 2. The van der Waals surface area contributed by atoms with Crippen LogP contribution in [0.15, 0.2) is 60.1 Å². The summed E-state index contributed by atoms with van der Waals surface area (Å²) < 4.78 is 6.25. The number of nitrogens with zero attached hydrogens (tertiary/aromatic N) is 2. The summed E-state index contributed by atoms with van der Waals surface area (Å²) in [4.78, 5) is 33.1. The van der Waals surface area contributed by atoms with Crippen molar-refractivity contribution in [1.82, 2.24) is 9.88 Å². The van der Waals surface area contributed by atoms with Crippen molar-refractivity contribution in [1.29, 1.82) is 0 Å². The number of fused-ring (bicyclic) bond motifs is 1. The van der Waals surface area contributed by atoms with E-state index in [1.165, 1.54) is 0 Å². The average Bonchev–Trinajstić information content (AvgIpc) is 3.03. The van der Waals surface area contributed by atoms with E-state index >= 15 is 0 Å². The van der Waals surface area contributed by atoms with Gasteiger partial charge >= 0.3 is 0 Å². The van der Waals surface area contributed by atoms with E-state index in [9.17, 15) is 9.59 Å². The van der Waals surface area contributed by atoms with Crippen molar-refractivity contribution in [2.45, 2.75) is 50.8 Å². The summed E-state index contributed by atoms with van der Waals surface area (Å²) in [5.41, 5.74) is 3.43. The standard InChI is InChI=1S/C25H25ClN2O3/c1-14-5-7-17(8-6-14)22-21-23(29)18-11-19(26)15(2)10-20(18)31-24(21)25(30)28(22)13-16-4-3-9-27-12-16/h3-9,12,15,18-20,22H,10-11,13H2,1-2H3. The van der Waals surface area contributed by atoms with Gasteiger partial charge in [-0.15, -0.1) is 11.6 Å². The molecule has 5 atom stereocenters. The third kappa shape index (κ3) is 3.45. The number of ether oxygens (including phenoxy) is 1. The summed E-state index contributed by atoms with van der Waals surface area (Å²) in [6, 6.07) is 11.3. The lowest BCUT2D eigenvalue weighted by Gasteiger charge is -2.40. The first kappa shape index (κ1) is 20.3. The van der Waals surface area contributed by atoms with Gasteiger partial charge in [0.15, 0.2) is 11.5 Å². The lowest BCUT2D eigenvalue weighted by molar-refractivity contribution is -0.136. The van der Waals surface area contributed by atoms with Gasteiger partial charge in [0.05, 0.1) is 17.5 Å².